The topological polar surface area (TPSA) is 159 Å². The van der Waals surface area contributed by atoms with Gasteiger partial charge < -0.3 is 0 Å². The maximum atomic E-state index is 13.6. The van der Waals surface area contributed by atoms with Crippen LogP contribution < -0.4 is 15.6 Å². The van der Waals surface area contributed by atoms with Crippen LogP contribution in [-0.2, 0) is 16.6 Å². The molecule has 4 rings (SSSR count). The van der Waals surface area contributed by atoms with Crippen molar-refractivity contribution in [3.63, 3.8) is 0 Å². The van der Waals surface area contributed by atoms with E-state index in [0.29, 0.717) is 12.0 Å². The van der Waals surface area contributed by atoms with Gasteiger partial charge in [0.25, 0.3) is 10.2 Å². The van der Waals surface area contributed by atoms with Gasteiger partial charge in [0, 0.05) is 12.3 Å². The van der Waals surface area contributed by atoms with Gasteiger partial charge in [-0.15, -0.1) is 0 Å². The van der Waals surface area contributed by atoms with Crippen LogP contribution in [0.4, 0.5) is 4.39 Å². The summed E-state index contributed by atoms with van der Waals surface area (Å²) in [7, 11) is -3.80. The first-order valence-corrected chi connectivity index (χ1v) is 10.5. The molecular formula is C14H13FN6O5S2. The van der Waals surface area contributed by atoms with Crippen LogP contribution in [0, 0.1) is 5.82 Å². The van der Waals surface area contributed by atoms with Crippen molar-refractivity contribution in [2.75, 3.05) is 12.3 Å². The van der Waals surface area contributed by atoms with Gasteiger partial charge in [0.1, 0.15) is 5.82 Å². The molecule has 2 aromatic heterocycles. The van der Waals surface area contributed by atoms with Crippen LogP contribution in [0.3, 0.4) is 0 Å². The fraction of sp³-hybridized carbons (Fsp3) is 0.286. The molecule has 3 N–H and O–H groups in total. The summed E-state index contributed by atoms with van der Waals surface area (Å²) in [6.07, 6.45) is 0.510. The van der Waals surface area contributed by atoms with Gasteiger partial charge >= 0.3 is 5.76 Å². The quantitative estimate of drug-likeness (QED) is 0.392. The number of nitrogens with one attached hydrogen (secondary N) is 1. The van der Waals surface area contributed by atoms with Crippen LogP contribution in [0.2, 0.25) is 0 Å². The van der Waals surface area contributed by atoms with Gasteiger partial charge in [0.15, 0.2) is 10.7 Å². The number of benzene rings is 1. The molecular weight excluding hydrogens is 415 g/mol. The molecule has 1 unspecified atom stereocenters. The number of hydrogen-bond acceptors (Lipinski definition) is 9. The lowest BCUT2D eigenvalue weighted by Crippen LogP contribution is -2.32. The van der Waals surface area contributed by atoms with Gasteiger partial charge in [-0.2, -0.15) is 8.42 Å². The van der Waals surface area contributed by atoms with Crippen LogP contribution >= 0.6 is 11.8 Å². The summed E-state index contributed by atoms with van der Waals surface area (Å²) in [4.78, 5) is 12.2. The number of nitrogens with two attached hydrogens (primary N) is 1. The molecule has 11 nitrogen and oxygen atoms in total. The minimum atomic E-state index is -3.80. The fourth-order valence-electron chi connectivity index (χ4n) is 2.91. The molecule has 2 heterocycles. The third kappa shape index (κ3) is 3.58. The highest BCUT2D eigenvalue weighted by atomic mass is 32.2. The summed E-state index contributed by atoms with van der Waals surface area (Å²) in [6.45, 7) is 0.0523. The monoisotopic (exact) mass is 428 g/mol. The largest absolute Gasteiger partial charge is 0.442 e. The molecule has 0 amide bonds. The highest BCUT2D eigenvalue weighted by Gasteiger charge is 2.34. The van der Waals surface area contributed by atoms with E-state index in [0.717, 1.165) is 17.3 Å². The maximum Gasteiger partial charge on any atom is 0.442 e. The van der Waals surface area contributed by atoms with Gasteiger partial charge in [-0.3, -0.25) is 4.52 Å². The van der Waals surface area contributed by atoms with Crippen molar-refractivity contribution in [3.8, 4) is 11.5 Å². The Labute approximate surface area is 161 Å². The third-order valence-electron chi connectivity index (χ3n) is 4.14. The average Bonchev–Trinajstić information content (AvgIpc) is 3.21. The first-order valence-electron chi connectivity index (χ1n) is 7.93. The number of hydrogen-bond donors (Lipinski definition) is 2. The van der Waals surface area contributed by atoms with Crippen molar-refractivity contribution in [1.29, 1.82) is 0 Å². The van der Waals surface area contributed by atoms with Crippen LogP contribution in [0.25, 0.3) is 11.5 Å². The molecule has 0 spiro atoms. The Morgan fingerprint density at radius 3 is 2.96 bits per heavy atom. The lowest BCUT2D eigenvalue weighted by molar-refractivity contribution is 0.299. The molecule has 0 radical (unpaired) electrons. The van der Waals surface area contributed by atoms with E-state index in [1.807, 2.05) is 0 Å². The number of halogens is 1. The lowest BCUT2D eigenvalue weighted by Gasteiger charge is -2.30. The second-order valence-corrected chi connectivity index (χ2v) is 8.37. The SMILES string of the molecule is NS(=O)(=O)NCCSc1nonc1-c1noc(=O)n1C1Cc2ccc(F)cc21. The van der Waals surface area contributed by atoms with E-state index in [4.69, 9.17) is 14.3 Å². The molecule has 0 fully saturated rings. The van der Waals surface area contributed by atoms with E-state index in [2.05, 4.69) is 20.2 Å². The second kappa shape index (κ2) is 7.12. The van der Waals surface area contributed by atoms with E-state index in [9.17, 15) is 17.6 Å². The zero-order valence-electron chi connectivity index (χ0n) is 14.0. The van der Waals surface area contributed by atoms with Crippen LogP contribution in [0.15, 0.2) is 37.2 Å². The zero-order valence-corrected chi connectivity index (χ0v) is 15.7. The van der Waals surface area contributed by atoms with Crippen LogP contribution in [0.1, 0.15) is 17.2 Å². The normalized spacial score (nSPS) is 16.0. The van der Waals surface area contributed by atoms with Crippen molar-refractivity contribution < 1.29 is 22.0 Å². The molecule has 28 heavy (non-hydrogen) atoms. The van der Waals surface area contributed by atoms with E-state index >= 15 is 0 Å². The molecule has 0 saturated carbocycles. The van der Waals surface area contributed by atoms with E-state index in [1.54, 1.807) is 6.07 Å². The average molecular weight is 428 g/mol. The first-order chi connectivity index (χ1) is 13.3. The van der Waals surface area contributed by atoms with Crippen molar-refractivity contribution in [2.45, 2.75) is 17.5 Å². The summed E-state index contributed by atoms with van der Waals surface area (Å²) in [5.74, 6) is -0.758. The summed E-state index contributed by atoms with van der Waals surface area (Å²) in [5.41, 5.74) is 1.75. The molecule has 0 saturated heterocycles. The Bertz CT molecular complexity index is 1190. The van der Waals surface area contributed by atoms with Gasteiger partial charge in [0.05, 0.1) is 6.04 Å². The van der Waals surface area contributed by atoms with Crippen LogP contribution in [0.5, 0.6) is 0 Å². The molecule has 1 aromatic carbocycles. The summed E-state index contributed by atoms with van der Waals surface area (Å²) in [6, 6.07) is 3.94. The molecule has 0 bridgehead atoms. The van der Waals surface area contributed by atoms with Crippen molar-refractivity contribution in [1.82, 2.24) is 24.8 Å². The van der Waals surface area contributed by atoms with E-state index < -0.39 is 27.8 Å². The van der Waals surface area contributed by atoms with Gasteiger partial charge in [-0.1, -0.05) is 23.0 Å². The minimum absolute atomic E-state index is 0.0523. The van der Waals surface area contributed by atoms with Gasteiger partial charge in [0.2, 0.25) is 5.82 Å². The highest BCUT2D eigenvalue weighted by Crippen LogP contribution is 2.38. The summed E-state index contributed by atoms with van der Waals surface area (Å²) >= 11 is 1.13. The second-order valence-electron chi connectivity index (χ2n) is 5.91. The standard InChI is InChI=1S/C14H13FN6O5S2/c15-8-2-1-7-5-10(9(7)6-8)21-12(19-25-14(21)22)11-13(20-26-18-11)27-4-3-17-28(16,23)24/h1-2,6,10,17H,3-5H2,(H2,16,23,24). The number of thioether (sulfide) groups is 1. The molecule has 0 aliphatic heterocycles. The smallest absolute Gasteiger partial charge is 0.295 e. The molecule has 1 aliphatic carbocycles. The van der Waals surface area contributed by atoms with Gasteiger partial charge in [-0.05, 0) is 40.0 Å². The molecule has 1 atom stereocenters. The van der Waals surface area contributed by atoms with Gasteiger partial charge in [-0.25, -0.2) is 28.2 Å². The Morgan fingerprint density at radius 1 is 1.36 bits per heavy atom. The Balaban J connectivity index is 1.59. The molecule has 3 aromatic rings. The zero-order chi connectivity index (χ0) is 19.9. The van der Waals surface area contributed by atoms with Crippen molar-refractivity contribution in [2.24, 2.45) is 5.14 Å². The lowest BCUT2D eigenvalue weighted by atomic mass is 9.83. The Morgan fingerprint density at radius 2 is 2.18 bits per heavy atom. The number of nitrogens with zero attached hydrogens (tertiary/aromatic N) is 4. The molecule has 14 heteroatoms. The Kier molecular flexibility index (Phi) is 4.78. The minimum Gasteiger partial charge on any atom is -0.295 e. The van der Waals surface area contributed by atoms with Crippen molar-refractivity contribution >= 4 is 22.0 Å². The molecule has 148 valence electrons. The third-order valence-corrected chi connectivity index (χ3v) is 5.70. The summed E-state index contributed by atoms with van der Waals surface area (Å²) in [5, 5.41) is 16.4. The fourth-order valence-corrected chi connectivity index (χ4v) is 4.18. The summed E-state index contributed by atoms with van der Waals surface area (Å²) < 4.78 is 48.3. The number of rotatable bonds is 7. The van der Waals surface area contributed by atoms with E-state index in [-0.39, 0.29) is 28.8 Å². The van der Waals surface area contributed by atoms with Crippen LogP contribution in [-0.4, -0.2) is 40.8 Å². The predicted molar refractivity (Wildman–Crippen MR) is 94.1 cm³/mol. The highest BCUT2D eigenvalue weighted by molar-refractivity contribution is 7.99. The first kappa shape index (κ1) is 18.8. The number of aromatic nitrogens is 4. The molecule has 1 aliphatic rings. The Hall–Kier alpha value is -2.55. The van der Waals surface area contributed by atoms with Crippen molar-refractivity contribution in [3.05, 3.63) is 45.7 Å². The van der Waals surface area contributed by atoms with E-state index in [1.165, 1.54) is 16.7 Å². The predicted octanol–water partition coefficient (Wildman–Crippen LogP) is 0.0561. The number of fused-ring (bicyclic) bond motifs is 1. The maximum absolute atomic E-state index is 13.6.